The van der Waals surface area contributed by atoms with E-state index in [2.05, 4.69) is 0 Å². The van der Waals surface area contributed by atoms with Gasteiger partial charge in [-0.15, -0.1) is 11.8 Å². The first-order chi connectivity index (χ1) is 15.0. The molecule has 3 rings (SSSR count). The first-order valence-electron chi connectivity index (χ1n) is 9.51. The van der Waals surface area contributed by atoms with Crippen LogP contribution in [0.1, 0.15) is 22.9 Å². The molecule has 2 aromatic rings. The normalized spacial score (nSPS) is 19.1. The Balaban J connectivity index is 1.99. The number of hydrogen-bond donors (Lipinski definition) is 4. The number of carbonyl (C=O) groups is 3. The lowest BCUT2D eigenvalue weighted by Gasteiger charge is -2.31. The van der Waals surface area contributed by atoms with Crippen LogP contribution in [-0.4, -0.2) is 51.4 Å². The van der Waals surface area contributed by atoms with E-state index >= 15 is 0 Å². The summed E-state index contributed by atoms with van der Waals surface area (Å²) in [4.78, 5) is 39.0. The van der Waals surface area contributed by atoms with Gasteiger partial charge in [-0.25, -0.2) is 11.0 Å². The summed E-state index contributed by atoms with van der Waals surface area (Å²) in [6.45, 7) is 0. The number of amides is 3. The predicted molar refractivity (Wildman–Crippen MR) is 112 cm³/mol. The van der Waals surface area contributed by atoms with Gasteiger partial charge in [0.15, 0.2) is 0 Å². The van der Waals surface area contributed by atoms with Crippen molar-refractivity contribution >= 4 is 29.5 Å². The van der Waals surface area contributed by atoms with Crippen LogP contribution in [0.5, 0.6) is 5.75 Å². The molecule has 2 aromatic carbocycles. The molecule has 0 aliphatic carbocycles. The molecule has 31 heavy (non-hydrogen) atoms. The minimum absolute atomic E-state index is 0.172. The third kappa shape index (κ3) is 5.16. The van der Waals surface area contributed by atoms with E-state index in [1.54, 1.807) is 42.3 Å². The molecule has 3 amide bonds. The number of methoxy groups -OCH3 is 1. The average molecular weight is 445 g/mol. The van der Waals surface area contributed by atoms with Gasteiger partial charge in [0.05, 0.1) is 12.4 Å². The highest BCUT2D eigenvalue weighted by Crippen LogP contribution is 2.46. The van der Waals surface area contributed by atoms with Crippen LogP contribution in [0.2, 0.25) is 0 Å². The van der Waals surface area contributed by atoms with E-state index in [0.717, 1.165) is 11.1 Å². The molecule has 9 nitrogen and oxygen atoms in total. The lowest BCUT2D eigenvalue weighted by Crippen LogP contribution is -2.50. The molecule has 0 spiro atoms. The Morgan fingerprint density at radius 1 is 1.10 bits per heavy atom. The zero-order valence-electron chi connectivity index (χ0n) is 16.7. The van der Waals surface area contributed by atoms with Crippen LogP contribution >= 0.6 is 11.8 Å². The molecule has 1 heterocycles. The van der Waals surface area contributed by atoms with E-state index in [1.807, 2.05) is 30.3 Å². The summed E-state index contributed by atoms with van der Waals surface area (Å²) in [5.74, 6) is -1.23. The van der Waals surface area contributed by atoms with E-state index in [9.17, 15) is 19.6 Å². The number of nitrogens with one attached hydrogen (secondary N) is 2. The molecule has 1 saturated heterocycles. The molecule has 164 valence electrons. The minimum atomic E-state index is -1.01. The maximum atomic E-state index is 13.3. The van der Waals surface area contributed by atoms with Crippen LogP contribution in [0.25, 0.3) is 0 Å². The second-order valence-electron chi connectivity index (χ2n) is 6.92. The van der Waals surface area contributed by atoms with Gasteiger partial charge >= 0.3 is 0 Å². The number of benzene rings is 2. The number of carbonyl (C=O) groups excluding carboxylic acids is 3. The predicted octanol–water partition coefficient (Wildman–Crippen LogP) is 1.65. The van der Waals surface area contributed by atoms with Crippen molar-refractivity contribution in [2.75, 3.05) is 7.11 Å². The molecule has 0 bridgehead atoms. The van der Waals surface area contributed by atoms with Gasteiger partial charge in [0.25, 0.3) is 5.91 Å². The SMILES string of the molecule is COc1ccc(C2SC(CC(=O)NO)C(=O)N2C(Cc2ccccc2)C(=O)NO)cc1. The molecular formula is C21H23N3O6S. The fourth-order valence-corrected chi connectivity index (χ4v) is 4.96. The van der Waals surface area contributed by atoms with Crippen molar-refractivity contribution in [1.29, 1.82) is 0 Å². The van der Waals surface area contributed by atoms with E-state index in [1.165, 1.54) is 16.7 Å². The fraction of sp³-hybridized carbons (Fsp3) is 0.286. The van der Waals surface area contributed by atoms with Gasteiger partial charge in [0.2, 0.25) is 11.8 Å². The number of rotatable bonds is 8. The van der Waals surface area contributed by atoms with Gasteiger partial charge in [-0.2, -0.15) is 0 Å². The summed E-state index contributed by atoms with van der Waals surface area (Å²) in [5.41, 5.74) is 4.74. The summed E-state index contributed by atoms with van der Waals surface area (Å²) in [6, 6.07) is 15.2. The van der Waals surface area contributed by atoms with Gasteiger partial charge in [-0.3, -0.25) is 24.8 Å². The zero-order chi connectivity index (χ0) is 22.4. The quantitative estimate of drug-likeness (QED) is 0.359. The lowest BCUT2D eigenvalue weighted by atomic mass is 10.0. The fourth-order valence-electron chi connectivity index (χ4n) is 3.46. The Bertz CT molecular complexity index is 924. The van der Waals surface area contributed by atoms with Crippen molar-refractivity contribution in [3.63, 3.8) is 0 Å². The average Bonchev–Trinajstić information content (AvgIpc) is 3.13. The van der Waals surface area contributed by atoms with Crippen molar-refractivity contribution in [1.82, 2.24) is 15.9 Å². The molecule has 3 atom stereocenters. The van der Waals surface area contributed by atoms with Crippen LogP contribution in [0.15, 0.2) is 54.6 Å². The topological polar surface area (TPSA) is 128 Å². The smallest absolute Gasteiger partial charge is 0.266 e. The van der Waals surface area contributed by atoms with Crippen molar-refractivity contribution in [3.05, 3.63) is 65.7 Å². The Morgan fingerprint density at radius 3 is 2.35 bits per heavy atom. The number of nitrogens with zero attached hydrogens (tertiary/aromatic N) is 1. The monoisotopic (exact) mass is 445 g/mol. The molecule has 0 radical (unpaired) electrons. The Labute approximate surface area is 183 Å². The van der Waals surface area contributed by atoms with Gasteiger partial charge in [-0.05, 0) is 23.3 Å². The van der Waals surface area contributed by atoms with Gasteiger partial charge in [0.1, 0.15) is 17.2 Å². The van der Waals surface area contributed by atoms with E-state index in [0.29, 0.717) is 5.75 Å². The molecule has 4 N–H and O–H groups in total. The molecule has 1 fully saturated rings. The van der Waals surface area contributed by atoms with E-state index in [4.69, 9.17) is 9.94 Å². The lowest BCUT2D eigenvalue weighted by molar-refractivity contribution is -0.144. The maximum absolute atomic E-state index is 13.3. The summed E-state index contributed by atoms with van der Waals surface area (Å²) in [6.07, 6.45) is -0.0763. The molecule has 1 aliphatic rings. The van der Waals surface area contributed by atoms with Crippen LogP contribution in [0, 0.1) is 0 Å². The molecule has 1 aliphatic heterocycles. The highest BCUT2D eigenvalue weighted by molar-refractivity contribution is 8.01. The van der Waals surface area contributed by atoms with Crippen molar-refractivity contribution in [2.24, 2.45) is 0 Å². The molecular weight excluding hydrogens is 422 g/mol. The molecule has 3 unspecified atom stereocenters. The number of ether oxygens (including phenoxy) is 1. The van der Waals surface area contributed by atoms with Crippen molar-refractivity contribution < 1.29 is 29.5 Å². The Kier molecular flexibility index (Phi) is 7.50. The van der Waals surface area contributed by atoms with Crippen LogP contribution in [-0.2, 0) is 20.8 Å². The van der Waals surface area contributed by atoms with Crippen LogP contribution in [0.3, 0.4) is 0 Å². The first kappa shape index (κ1) is 22.6. The Hall–Kier alpha value is -3.08. The highest BCUT2D eigenvalue weighted by atomic mass is 32.2. The van der Waals surface area contributed by atoms with Crippen molar-refractivity contribution in [3.8, 4) is 5.75 Å². The third-order valence-corrected chi connectivity index (χ3v) is 6.45. The van der Waals surface area contributed by atoms with Gasteiger partial charge in [0, 0.05) is 12.8 Å². The maximum Gasteiger partial charge on any atom is 0.266 e. The largest absolute Gasteiger partial charge is 0.497 e. The number of thioether (sulfide) groups is 1. The zero-order valence-corrected chi connectivity index (χ0v) is 17.5. The molecule has 10 heteroatoms. The van der Waals surface area contributed by atoms with Crippen molar-refractivity contribution in [2.45, 2.75) is 29.5 Å². The Morgan fingerprint density at radius 2 is 1.77 bits per heavy atom. The standard InChI is InChI=1S/C21H23N3O6S/c1-30-15-9-7-14(8-10-15)21-24(20(27)17(31-21)12-18(25)22-28)16(19(26)23-29)11-13-5-3-2-4-6-13/h2-10,16-17,21,28-29H,11-12H2,1H3,(H,22,25)(H,23,26). The second kappa shape index (κ2) is 10.3. The van der Waals surface area contributed by atoms with Gasteiger partial charge in [-0.1, -0.05) is 42.5 Å². The second-order valence-corrected chi connectivity index (χ2v) is 8.20. The summed E-state index contributed by atoms with van der Waals surface area (Å²) in [7, 11) is 1.54. The van der Waals surface area contributed by atoms with Gasteiger partial charge < -0.3 is 9.64 Å². The highest BCUT2D eigenvalue weighted by Gasteiger charge is 2.47. The first-order valence-corrected chi connectivity index (χ1v) is 10.4. The van der Waals surface area contributed by atoms with E-state index < -0.39 is 34.4 Å². The molecule has 0 aromatic heterocycles. The summed E-state index contributed by atoms with van der Waals surface area (Å²) < 4.78 is 5.18. The van der Waals surface area contributed by atoms with E-state index in [-0.39, 0.29) is 12.8 Å². The third-order valence-electron chi connectivity index (χ3n) is 4.99. The van der Waals surface area contributed by atoms with Crippen LogP contribution in [0.4, 0.5) is 0 Å². The van der Waals surface area contributed by atoms with Crippen LogP contribution < -0.4 is 15.7 Å². The minimum Gasteiger partial charge on any atom is -0.497 e. The number of hydrogen-bond acceptors (Lipinski definition) is 7. The summed E-state index contributed by atoms with van der Waals surface area (Å²) >= 11 is 1.21. The summed E-state index contributed by atoms with van der Waals surface area (Å²) in [5, 5.41) is 16.8. The number of hydroxylamine groups is 2. The molecule has 0 saturated carbocycles.